The van der Waals surface area contributed by atoms with Crippen LogP contribution in [0.1, 0.15) is 46.5 Å². The van der Waals surface area contributed by atoms with E-state index in [4.69, 9.17) is 4.74 Å². The molecule has 2 aliphatic rings. The maximum Gasteiger partial charge on any atom is 0.332 e. The highest BCUT2D eigenvalue weighted by atomic mass is 16.5. The first-order chi connectivity index (χ1) is 7.88. The van der Waals surface area contributed by atoms with E-state index in [1.807, 2.05) is 20.8 Å². The van der Waals surface area contributed by atoms with Gasteiger partial charge in [0.25, 0.3) is 0 Å². The molecule has 0 bridgehead atoms. The first-order valence-corrected chi connectivity index (χ1v) is 6.37. The summed E-state index contributed by atoms with van der Waals surface area (Å²) in [5.41, 5.74) is -1.09. The molecule has 1 saturated carbocycles. The molecular formula is C13H21NO3. The van der Waals surface area contributed by atoms with Gasteiger partial charge in [-0.05, 0) is 12.8 Å². The fourth-order valence-electron chi connectivity index (χ4n) is 2.82. The van der Waals surface area contributed by atoms with Gasteiger partial charge >= 0.3 is 5.97 Å². The Hall–Kier alpha value is -1.06. The molecule has 0 radical (unpaired) electrons. The molecule has 1 saturated heterocycles. The lowest BCUT2D eigenvalue weighted by Gasteiger charge is -2.45. The number of carbonyl (C=O) groups excluding carboxylic acids is 2. The lowest BCUT2D eigenvalue weighted by molar-refractivity contribution is -0.177. The fraction of sp³-hybridized carbons (Fsp3) is 0.846. The van der Waals surface area contributed by atoms with Gasteiger partial charge in [0.2, 0.25) is 5.91 Å². The van der Waals surface area contributed by atoms with E-state index in [0.29, 0.717) is 13.2 Å². The topological polar surface area (TPSA) is 46.6 Å². The number of esters is 1. The molecule has 2 fully saturated rings. The standard InChI is InChI=1S/C13H21NO3/c1-12(2,3)10(15)14-8-9-17-11(16)13(14)6-4-5-7-13/h4-9H2,1-3H3. The molecule has 4 nitrogen and oxygen atoms in total. The van der Waals surface area contributed by atoms with Crippen LogP contribution >= 0.6 is 0 Å². The van der Waals surface area contributed by atoms with Crippen LogP contribution in [0.5, 0.6) is 0 Å². The van der Waals surface area contributed by atoms with Crippen LogP contribution in [0.3, 0.4) is 0 Å². The SMILES string of the molecule is CC(C)(C)C(=O)N1CCOC(=O)C12CCCC2. The highest BCUT2D eigenvalue weighted by Crippen LogP contribution is 2.40. The maximum atomic E-state index is 12.4. The van der Waals surface area contributed by atoms with Gasteiger partial charge in [-0.3, -0.25) is 4.79 Å². The molecule has 0 aromatic rings. The highest BCUT2D eigenvalue weighted by Gasteiger charge is 2.53. The number of morpholine rings is 1. The van der Waals surface area contributed by atoms with Crippen molar-refractivity contribution in [1.82, 2.24) is 4.90 Å². The van der Waals surface area contributed by atoms with Crippen LogP contribution in [-0.2, 0) is 14.3 Å². The Balaban J connectivity index is 2.31. The summed E-state index contributed by atoms with van der Waals surface area (Å²) < 4.78 is 5.18. The molecule has 1 aliphatic carbocycles. The molecule has 0 aromatic heterocycles. The predicted molar refractivity (Wildman–Crippen MR) is 63.3 cm³/mol. The van der Waals surface area contributed by atoms with E-state index in [9.17, 15) is 9.59 Å². The Morgan fingerprint density at radius 2 is 1.88 bits per heavy atom. The smallest absolute Gasteiger partial charge is 0.332 e. The minimum atomic E-state index is -0.650. The Kier molecular flexibility index (Phi) is 2.92. The van der Waals surface area contributed by atoms with Crippen molar-refractivity contribution in [2.75, 3.05) is 13.2 Å². The van der Waals surface area contributed by atoms with E-state index in [1.54, 1.807) is 4.90 Å². The van der Waals surface area contributed by atoms with Crippen molar-refractivity contribution in [3.63, 3.8) is 0 Å². The van der Waals surface area contributed by atoms with Gasteiger partial charge in [0.05, 0.1) is 6.54 Å². The monoisotopic (exact) mass is 239 g/mol. The number of cyclic esters (lactones) is 1. The third kappa shape index (κ3) is 1.94. The van der Waals surface area contributed by atoms with Crippen molar-refractivity contribution in [3.05, 3.63) is 0 Å². The average Bonchev–Trinajstić information content (AvgIpc) is 2.70. The van der Waals surface area contributed by atoms with Crippen molar-refractivity contribution in [2.24, 2.45) is 5.41 Å². The lowest BCUT2D eigenvalue weighted by Crippen LogP contribution is -2.62. The molecule has 1 spiro atoms. The van der Waals surface area contributed by atoms with Crippen molar-refractivity contribution >= 4 is 11.9 Å². The van der Waals surface area contributed by atoms with Gasteiger partial charge in [-0.25, -0.2) is 4.79 Å². The summed E-state index contributed by atoms with van der Waals surface area (Å²) in [4.78, 5) is 26.3. The van der Waals surface area contributed by atoms with Crippen molar-refractivity contribution in [3.8, 4) is 0 Å². The van der Waals surface area contributed by atoms with Gasteiger partial charge in [-0.1, -0.05) is 33.6 Å². The number of ether oxygens (including phenoxy) is 1. The largest absolute Gasteiger partial charge is 0.462 e. The Labute approximate surface area is 102 Å². The zero-order valence-electron chi connectivity index (χ0n) is 10.9. The summed E-state index contributed by atoms with van der Waals surface area (Å²) in [5.74, 6) is -0.130. The summed E-state index contributed by atoms with van der Waals surface area (Å²) >= 11 is 0. The number of carbonyl (C=O) groups is 2. The zero-order chi connectivity index (χ0) is 12.7. The fourth-order valence-corrected chi connectivity index (χ4v) is 2.82. The van der Waals surface area contributed by atoms with Crippen molar-refractivity contribution in [1.29, 1.82) is 0 Å². The van der Waals surface area contributed by atoms with Gasteiger partial charge in [0.1, 0.15) is 12.1 Å². The maximum absolute atomic E-state index is 12.4. The van der Waals surface area contributed by atoms with Gasteiger partial charge in [-0.15, -0.1) is 0 Å². The van der Waals surface area contributed by atoms with Crippen molar-refractivity contribution < 1.29 is 14.3 Å². The second-order valence-electron chi connectivity index (χ2n) is 6.08. The normalized spacial score (nSPS) is 23.9. The second-order valence-corrected chi connectivity index (χ2v) is 6.08. The quantitative estimate of drug-likeness (QED) is 0.605. The molecule has 0 unspecified atom stereocenters. The molecule has 1 amide bonds. The predicted octanol–water partition coefficient (Wildman–Crippen LogP) is 1.73. The number of hydrogen-bond acceptors (Lipinski definition) is 3. The number of hydrogen-bond donors (Lipinski definition) is 0. The van der Waals surface area contributed by atoms with E-state index in [-0.39, 0.29) is 11.9 Å². The third-order valence-corrected chi connectivity index (χ3v) is 3.76. The Morgan fingerprint density at radius 3 is 2.41 bits per heavy atom. The third-order valence-electron chi connectivity index (χ3n) is 3.76. The van der Waals surface area contributed by atoms with Gasteiger partial charge in [0.15, 0.2) is 0 Å². The lowest BCUT2D eigenvalue weighted by atomic mass is 9.87. The van der Waals surface area contributed by atoms with Crippen LogP contribution < -0.4 is 0 Å². The Bertz CT molecular complexity index is 337. The van der Waals surface area contributed by atoms with E-state index >= 15 is 0 Å². The molecule has 0 aromatic carbocycles. The first-order valence-electron chi connectivity index (χ1n) is 6.37. The summed E-state index contributed by atoms with van der Waals surface area (Å²) in [6.07, 6.45) is 3.52. The molecule has 17 heavy (non-hydrogen) atoms. The zero-order valence-corrected chi connectivity index (χ0v) is 10.9. The summed E-state index contributed by atoms with van der Waals surface area (Å²) in [5, 5.41) is 0. The summed E-state index contributed by atoms with van der Waals surface area (Å²) in [7, 11) is 0. The second kappa shape index (κ2) is 4.00. The number of nitrogens with zero attached hydrogens (tertiary/aromatic N) is 1. The molecule has 0 N–H and O–H groups in total. The van der Waals surface area contributed by atoms with Crippen LogP contribution in [-0.4, -0.2) is 35.5 Å². The number of rotatable bonds is 0. The van der Waals surface area contributed by atoms with Crippen LogP contribution in [0, 0.1) is 5.41 Å². The molecule has 1 heterocycles. The highest BCUT2D eigenvalue weighted by molar-refractivity contribution is 5.91. The summed E-state index contributed by atoms with van der Waals surface area (Å²) in [6.45, 7) is 6.58. The first kappa shape index (κ1) is 12.4. The molecule has 0 atom stereocenters. The minimum absolute atomic E-state index is 0.0658. The molecule has 96 valence electrons. The van der Waals surface area contributed by atoms with Crippen molar-refractivity contribution in [2.45, 2.75) is 52.0 Å². The van der Waals surface area contributed by atoms with Crippen LogP contribution in [0.2, 0.25) is 0 Å². The van der Waals surface area contributed by atoms with E-state index in [2.05, 4.69) is 0 Å². The van der Waals surface area contributed by atoms with Crippen LogP contribution in [0.15, 0.2) is 0 Å². The van der Waals surface area contributed by atoms with Gasteiger partial charge in [-0.2, -0.15) is 0 Å². The Morgan fingerprint density at radius 1 is 1.29 bits per heavy atom. The summed E-state index contributed by atoms with van der Waals surface area (Å²) in [6, 6.07) is 0. The van der Waals surface area contributed by atoms with Crippen LogP contribution in [0.25, 0.3) is 0 Å². The molecular weight excluding hydrogens is 218 g/mol. The van der Waals surface area contributed by atoms with Gasteiger partial charge < -0.3 is 9.64 Å². The van der Waals surface area contributed by atoms with E-state index < -0.39 is 11.0 Å². The average molecular weight is 239 g/mol. The molecule has 2 rings (SSSR count). The van der Waals surface area contributed by atoms with Crippen LogP contribution in [0.4, 0.5) is 0 Å². The number of amides is 1. The van der Waals surface area contributed by atoms with E-state index in [0.717, 1.165) is 25.7 Å². The van der Waals surface area contributed by atoms with Gasteiger partial charge in [0, 0.05) is 5.41 Å². The van der Waals surface area contributed by atoms with E-state index in [1.165, 1.54) is 0 Å². The molecule has 1 aliphatic heterocycles. The minimum Gasteiger partial charge on any atom is -0.462 e. The molecule has 4 heteroatoms.